The number of thiol groups is 1. The van der Waals surface area contributed by atoms with Crippen LogP contribution < -0.4 is 10.0 Å². The average Bonchev–Trinajstić information content (AvgIpc) is 3.34. The maximum Gasteiger partial charge on any atom is 0.216 e. The van der Waals surface area contributed by atoms with Gasteiger partial charge in [-0.05, 0) is 58.6 Å². The van der Waals surface area contributed by atoms with Gasteiger partial charge in [0.05, 0.1) is 17.4 Å². The topological polar surface area (TPSA) is 110 Å². The molecule has 0 radical (unpaired) electrons. The number of benzene rings is 1. The van der Waals surface area contributed by atoms with Crippen molar-refractivity contribution < 1.29 is 13.9 Å². The molecule has 7 nitrogen and oxygen atoms in total. The Morgan fingerprint density at radius 1 is 1.33 bits per heavy atom. The summed E-state index contributed by atoms with van der Waals surface area (Å²) in [6.07, 6.45) is 4.26. The summed E-state index contributed by atoms with van der Waals surface area (Å²) in [5, 5.41) is 13.3. The van der Waals surface area contributed by atoms with Gasteiger partial charge < -0.3 is 19.7 Å². The Hall–Kier alpha value is -1.68. The predicted octanol–water partition coefficient (Wildman–Crippen LogP) is 2.05. The fraction of sp³-hybridized carbons (Fsp3) is 0.524. The van der Waals surface area contributed by atoms with Crippen LogP contribution in [0.3, 0.4) is 0 Å². The lowest BCUT2D eigenvalue weighted by Crippen LogP contribution is -2.48. The highest BCUT2D eigenvalue weighted by Gasteiger charge is 2.49. The maximum absolute atomic E-state index is 13.7. The first-order chi connectivity index (χ1) is 14.5. The number of anilines is 2. The summed E-state index contributed by atoms with van der Waals surface area (Å²) in [5.74, 6) is 2.47. The number of aliphatic hydroxyl groups excluding tert-OH is 1. The van der Waals surface area contributed by atoms with Crippen molar-refractivity contribution in [2.75, 3.05) is 28.2 Å². The summed E-state index contributed by atoms with van der Waals surface area (Å²) < 4.78 is 29.6. The van der Waals surface area contributed by atoms with Crippen LogP contribution >= 0.6 is 0 Å². The Labute approximate surface area is 179 Å². The third kappa shape index (κ3) is 2.68. The van der Waals surface area contributed by atoms with Gasteiger partial charge in [-0.25, -0.2) is 9.97 Å². The van der Waals surface area contributed by atoms with Crippen molar-refractivity contribution >= 4 is 32.8 Å². The summed E-state index contributed by atoms with van der Waals surface area (Å²) in [6, 6.07) is 8.01. The van der Waals surface area contributed by atoms with Gasteiger partial charge in [-0.3, -0.25) is 4.21 Å². The van der Waals surface area contributed by atoms with Gasteiger partial charge in [0.15, 0.2) is 5.82 Å². The summed E-state index contributed by atoms with van der Waals surface area (Å²) in [6.45, 7) is 0.0340. The van der Waals surface area contributed by atoms with E-state index in [1.807, 2.05) is 18.2 Å². The highest BCUT2D eigenvalue weighted by atomic mass is 32.3. The zero-order valence-electron chi connectivity index (χ0n) is 16.6. The molecule has 0 spiro atoms. The predicted molar refractivity (Wildman–Crippen MR) is 119 cm³/mol. The highest BCUT2D eigenvalue weighted by molar-refractivity contribution is 8.05. The van der Waals surface area contributed by atoms with Crippen molar-refractivity contribution in [1.29, 1.82) is 0 Å². The van der Waals surface area contributed by atoms with E-state index in [1.54, 1.807) is 0 Å². The van der Waals surface area contributed by atoms with Gasteiger partial charge >= 0.3 is 0 Å². The van der Waals surface area contributed by atoms with Crippen molar-refractivity contribution in [3.05, 3.63) is 41.3 Å². The molecule has 2 aromatic rings. The third-order valence-electron chi connectivity index (χ3n) is 7.23. The van der Waals surface area contributed by atoms with Crippen LogP contribution in [0.1, 0.15) is 53.9 Å². The number of nitrogens with zero attached hydrogens (tertiary/aromatic N) is 2. The number of fused-ring (bicyclic) bond motifs is 4. The lowest BCUT2D eigenvalue weighted by molar-refractivity contribution is 0.143. The molecule has 4 heterocycles. The molecule has 9 heteroatoms. The normalized spacial score (nSPS) is 30.5. The van der Waals surface area contributed by atoms with E-state index in [0.29, 0.717) is 34.5 Å². The summed E-state index contributed by atoms with van der Waals surface area (Å²) in [7, 11) is -2.57. The van der Waals surface area contributed by atoms with Gasteiger partial charge in [-0.15, -0.1) is 0 Å². The van der Waals surface area contributed by atoms with Crippen LogP contribution in [0, 0.1) is 0 Å². The monoisotopic (exact) mass is 446 g/mol. The van der Waals surface area contributed by atoms with E-state index in [-0.39, 0.29) is 23.3 Å². The minimum Gasteiger partial charge on any atom is -0.611 e. The number of aromatic nitrogens is 2. The number of rotatable bonds is 4. The number of hydrogen-bond donors (Lipinski definition) is 4. The van der Waals surface area contributed by atoms with E-state index < -0.39 is 21.3 Å². The van der Waals surface area contributed by atoms with Crippen LogP contribution in [0.5, 0.6) is 0 Å². The molecule has 6 rings (SSSR count). The highest BCUT2D eigenvalue weighted by Crippen LogP contribution is 2.55. The van der Waals surface area contributed by atoms with Crippen LogP contribution in [-0.4, -0.2) is 47.5 Å². The molecule has 2 fully saturated rings. The van der Waals surface area contributed by atoms with Gasteiger partial charge in [0.25, 0.3) is 0 Å². The van der Waals surface area contributed by atoms with Crippen molar-refractivity contribution in [1.82, 2.24) is 9.97 Å². The van der Waals surface area contributed by atoms with Crippen LogP contribution in [-0.2, 0) is 27.7 Å². The van der Waals surface area contributed by atoms with E-state index in [4.69, 9.17) is 9.97 Å². The van der Waals surface area contributed by atoms with Crippen LogP contribution in [0.4, 0.5) is 11.5 Å². The molecule has 1 aromatic carbocycles. The smallest absolute Gasteiger partial charge is 0.216 e. The molecule has 30 heavy (non-hydrogen) atoms. The second kappa shape index (κ2) is 6.66. The molecule has 1 saturated heterocycles. The summed E-state index contributed by atoms with van der Waals surface area (Å²) in [4.78, 5) is 10.4. The Bertz CT molecular complexity index is 1070. The van der Waals surface area contributed by atoms with Crippen molar-refractivity contribution in [2.45, 2.75) is 53.7 Å². The maximum atomic E-state index is 13.7. The fourth-order valence-electron chi connectivity index (χ4n) is 5.46. The molecule has 0 bridgehead atoms. The number of para-hydroxylation sites is 1. The Kier molecular flexibility index (Phi) is 4.22. The number of aryl methyl sites for hydroxylation is 1. The molecular formula is C21H26N4O3S2. The minimum atomic E-state index is -2.57. The van der Waals surface area contributed by atoms with E-state index in [0.717, 1.165) is 42.6 Å². The molecule has 1 aliphatic carbocycles. The number of aliphatic hydroxyl groups is 1. The molecular weight excluding hydrogens is 420 g/mol. The Morgan fingerprint density at radius 2 is 2.17 bits per heavy atom. The lowest BCUT2D eigenvalue weighted by atomic mass is 9.77. The zero-order chi connectivity index (χ0) is 20.5. The van der Waals surface area contributed by atoms with Crippen molar-refractivity contribution in [3.8, 4) is 0 Å². The van der Waals surface area contributed by atoms with Crippen LogP contribution in [0.2, 0.25) is 0 Å². The van der Waals surface area contributed by atoms with Crippen LogP contribution in [0.15, 0.2) is 29.2 Å². The van der Waals surface area contributed by atoms with E-state index >= 15 is 0 Å². The second-order valence-electron chi connectivity index (χ2n) is 8.98. The standard InChI is InChI=1S/C21H26N4O3S2/c26-12-21(8-3-9-21)24-20-17-16(6-10-29(17)27)22-19(23-20)14-7-11-30(28)18(14)13-4-1-2-5-15(13)25-30/h1-2,4-5,14,18,26,30H,3,6-12H2,(H,25,28)(H,22,23,24)/t14?,18?,29-/m1/s1. The largest absolute Gasteiger partial charge is 0.611 e. The van der Waals surface area contributed by atoms with Crippen molar-refractivity contribution in [3.63, 3.8) is 0 Å². The first kappa shape index (κ1) is 19.0. The number of hydrogen-bond acceptors (Lipinski definition) is 6. The molecule has 3 atom stereocenters. The minimum absolute atomic E-state index is 0.0293. The quantitative estimate of drug-likeness (QED) is 0.423. The molecule has 1 aromatic heterocycles. The summed E-state index contributed by atoms with van der Waals surface area (Å²) in [5.41, 5.74) is 2.52. The fourth-order valence-corrected chi connectivity index (χ4v) is 10.1. The summed E-state index contributed by atoms with van der Waals surface area (Å²) >= 11 is -1.12. The second-order valence-corrected chi connectivity index (χ2v) is 13.3. The molecule has 4 aliphatic rings. The van der Waals surface area contributed by atoms with Gasteiger partial charge in [0.2, 0.25) is 4.90 Å². The molecule has 160 valence electrons. The van der Waals surface area contributed by atoms with Gasteiger partial charge in [-0.1, -0.05) is 18.2 Å². The SMILES string of the molecule is O=[SH]12CCC(c3nc4c(c(NC5(CO)CCC5)n3)[S@+]([O-])CC4)C1c1ccccc1N2. The molecule has 3 aliphatic heterocycles. The van der Waals surface area contributed by atoms with Crippen LogP contribution in [0.25, 0.3) is 0 Å². The van der Waals surface area contributed by atoms with E-state index in [2.05, 4.69) is 16.1 Å². The van der Waals surface area contributed by atoms with Gasteiger partial charge in [-0.2, -0.15) is 0 Å². The van der Waals surface area contributed by atoms with Crippen molar-refractivity contribution in [2.24, 2.45) is 0 Å². The van der Waals surface area contributed by atoms with E-state index in [9.17, 15) is 13.9 Å². The third-order valence-corrected chi connectivity index (χ3v) is 11.8. The molecule has 0 amide bonds. The van der Waals surface area contributed by atoms with E-state index in [1.165, 1.54) is 0 Å². The zero-order valence-corrected chi connectivity index (χ0v) is 18.3. The lowest BCUT2D eigenvalue weighted by Gasteiger charge is -2.41. The molecule has 3 N–H and O–H groups in total. The Balaban J connectivity index is 1.43. The van der Waals surface area contributed by atoms with Gasteiger partial charge in [0.1, 0.15) is 17.3 Å². The average molecular weight is 447 g/mol. The first-order valence-corrected chi connectivity index (χ1v) is 13.9. The Morgan fingerprint density at radius 3 is 2.93 bits per heavy atom. The first-order valence-electron chi connectivity index (χ1n) is 10.7. The van der Waals surface area contributed by atoms with Gasteiger partial charge in [0, 0.05) is 23.8 Å². The molecule has 1 saturated carbocycles. The number of nitrogens with one attached hydrogen (secondary N) is 2. The molecule has 2 unspecified atom stereocenters.